The van der Waals surface area contributed by atoms with E-state index < -0.39 is 0 Å². The third kappa shape index (κ3) is 2.78. The van der Waals surface area contributed by atoms with Gasteiger partial charge in [-0.25, -0.2) is 0 Å². The maximum absolute atomic E-state index is 5.58. The Kier molecular flexibility index (Phi) is 3.31. The van der Waals surface area contributed by atoms with Crippen molar-refractivity contribution in [3.63, 3.8) is 0 Å². The minimum atomic E-state index is 0.795. The van der Waals surface area contributed by atoms with Crippen LogP contribution in [-0.4, -0.2) is 19.9 Å². The number of hydrogen-bond acceptors (Lipinski definition) is 2. The van der Waals surface area contributed by atoms with Gasteiger partial charge in [0.05, 0.1) is 0 Å². The monoisotopic (exact) mass is 177 g/mol. The maximum atomic E-state index is 5.58. The molecule has 3 heteroatoms. The van der Waals surface area contributed by atoms with Crippen molar-refractivity contribution >= 4 is 11.5 Å². The summed E-state index contributed by atoms with van der Waals surface area (Å²) in [5.41, 5.74) is 7.58. The molecular weight excluding hydrogens is 162 g/mol. The molecule has 1 aromatic carbocycles. The van der Waals surface area contributed by atoms with Crippen molar-refractivity contribution in [2.45, 2.75) is 6.42 Å². The van der Waals surface area contributed by atoms with Gasteiger partial charge in [-0.05, 0) is 17.7 Å². The van der Waals surface area contributed by atoms with E-state index in [1.54, 1.807) is 7.05 Å². The Bertz CT molecular complexity index is 288. The van der Waals surface area contributed by atoms with Crippen LogP contribution in [0.1, 0.15) is 5.56 Å². The highest BCUT2D eigenvalue weighted by Crippen LogP contribution is 2.05. The SMILES string of the molecule is CN=C(Cc1ccc(N)cc1)NC. The Balaban J connectivity index is 2.69. The standard InChI is InChI=1S/C10H15N3/c1-12-10(13-2)7-8-3-5-9(11)6-4-8/h3-6H,7,11H2,1-2H3,(H,12,13). The Morgan fingerprint density at radius 3 is 2.46 bits per heavy atom. The Labute approximate surface area is 78.7 Å². The average molecular weight is 177 g/mol. The van der Waals surface area contributed by atoms with E-state index in [4.69, 9.17) is 5.73 Å². The number of hydrogen-bond donors (Lipinski definition) is 2. The van der Waals surface area contributed by atoms with Gasteiger partial charge in [-0.3, -0.25) is 4.99 Å². The minimum absolute atomic E-state index is 0.795. The normalized spacial score (nSPS) is 11.4. The second kappa shape index (κ2) is 4.50. The molecule has 13 heavy (non-hydrogen) atoms. The second-order valence-corrected chi connectivity index (χ2v) is 2.84. The summed E-state index contributed by atoms with van der Waals surface area (Å²) in [6, 6.07) is 7.83. The molecule has 0 saturated heterocycles. The van der Waals surface area contributed by atoms with Crippen LogP contribution < -0.4 is 11.1 Å². The van der Waals surface area contributed by atoms with Gasteiger partial charge >= 0.3 is 0 Å². The van der Waals surface area contributed by atoms with Gasteiger partial charge < -0.3 is 11.1 Å². The molecule has 0 aliphatic carbocycles. The van der Waals surface area contributed by atoms with Crippen LogP contribution >= 0.6 is 0 Å². The summed E-state index contributed by atoms with van der Waals surface area (Å²) >= 11 is 0. The fourth-order valence-electron chi connectivity index (χ4n) is 1.11. The molecule has 1 aromatic rings. The lowest BCUT2D eigenvalue weighted by Gasteiger charge is -2.04. The zero-order valence-electron chi connectivity index (χ0n) is 8.04. The van der Waals surface area contributed by atoms with E-state index in [2.05, 4.69) is 10.3 Å². The molecule has 3 N–H and O–H groups in total. The smallest absolute Gasteiger partial charge is 0.100 e. The van der Waals surface area contributed by atoms with Gasteiger partial charge in [-0.1, -0.05) is 12.1 Å². The first-order valence-electron chi connectivity index (χ1n) is 4.24. The van der Waals surface area contributed by atoms with Crippen LogP contribution in [0.3, 0.4) is 0 Å². The van der Waals surface area contributed by atoms with Gasteiger partial charge in [0.15, 0.2) is 0 Å². The molecule has 0 heterocycles. The molecule has 0 unspecified atom stereocenters. The summed E-state index contributed by atoms with van der Waals surface area (Å²) in [6.07, 6.45) is 0.827. The van der Waals surface area contributed by atoms with Gasteiger partial charge in [-0.15, -0.1) is 0 Å². The van der Waals surface area contributed by atoms with Crippen molar-refractivity contribution in [1.82, 2.24) is 5.32 Å². The third-order valence-corrected chi connectivity index (χ3v) is 1.91. The molecule has 70 valence electrons. The van der Waals surface area contributed by atoms with Crippen LogP contribution in [0.2, 0.25) is 0 Å². The Morgan fingerprint density at radius 1 is 1.38 bits per heavy atom. The summed E-state index contributed by atoms with van der Waals surface area (Å²) in [5, 5.41) is 3.03. The number of likely N-dealkylation sites (N-methyl/N-ethyl adjacent to an activating group) is 1. The first-order valence-corrected chi connectivity index (χ1v) is 4.24. The molecule has 0 aliphatic heterocycles. The van der Waals surface area contributed by atoms with Crippen LogP contribution in [0.15, 0.2) is 29.3 Å². The molecule has 0 amide bonds. The summed E-state index contributed by atoms with van der Waals surface area (Å²) in [7, 11) is 3.66. The van der Waals surface area contributed by atoms with Crippen molar-refractivity contribution in [1.29, 1.82) is 0 Å². The summed E-state index contributed by atoms with van der Waals surface area (Å²) in [5.74, 6) is 0.977. The molecule has 0 saturated carbocycles. The topological polar surface area (TPSA) is 50.4 Å². The number of benzene rings is 1. The van der Waals surface area contributed by atoms with Crippen molar-refractivity contribution in [2.24, 2.45) is 4.99 Å². The Morgan fingerprint density at radius 2 is 2.00 bits per heavy atom. The third-order valence-electron chi connectivity index (χ3n) is 1.91. The molecule has 1 rings (SSSR count). The second-order valence-electron chi connectivity index (χ2n) is 2.84. The molecule has 0 fully saturated rings. The van der Waals surface area contributed by atoms with Crippen LogP contribution in [0.5, 0.6) is 0 Å². The number of anilines is 1. The zero-order chi connectivity index (χ0) is 9.68. The highest BCUT2D eigenvalue weighted by molar-refractivity contribution is 5.84. The van der Waals surface area contributed by atoms with E-state index in [9.17, 15) is 0 Å². The highest BCUT2D eigenvalue weighted by Gasteiger charge is 1.97. The van der Waals surface area contributed by atoms with Crippen LogP contribution in [0, 0.1) is 0 Å². The number of aliphatic imine (C=N–C) groups is 1. The van der Waals surface area contributed by atoms with Crippen molar-refractivity contribution < 1.29 is 0 Å². The highest BCUT2D eigenvalue weighted by atomic mass is 14.9. The molecular formula is C10H15N3. The lowest BCUT2D eigenvalue weighted by Crippen LogP contribution is -2.20. The molecule has 0 bridgehead atoms. The number of nitrogens with zero attached hydrogens (tertiary/aromatic N) is 1. The van der Waals surface area contributed by atoms with Gasteiger partial charge in [0.1, 0.15) is 5.84 Å². The van der Waals surface area contributed by atoms with Crippen LogP contribution in [0.25, 0.3) is 0 Å². The quantitative estimate of drug-likeness (QED) is 0.403. The number of nitrogens with one attached hydrogen (secondary N) is 1. The molecule has 0 aliphatic rings. The first kappa shape index (κ1) is 9.58. The van der Waals surface area contributed by atoms with E-state index in [1.807, 2.05) is 31.3 Å². The molecule has 3 nitrogen and oxygen atoms in total. The number of amidine groups is 1. The van der Waals surface area contributed by atoms with E-state index in [0.29, 0.717) is 0 Å². The Hall–Kier alpha value is -1.51. The summed E-state index contributed by atoms with van der Waals surface area (Å²) in [4.78, 5) is 4.10. The number of nitrogen functional groups attached to an aromatic ring is 1. The molecule has 0 atom stereocenters. The molecule has 0 spiro atoms. The molecule has 0 radical (unpaired) electrons. The number of nitrogens with two attached hydrogens (primary N) is 1. The van der Waals surface area contributed by atoms with E-state index in [1.165, 1.54) is 5.56 Å². The first-order chi connectivity index (χ1) is 6.26. The van der Waals surface area contributed by atoms with Crippen molar-refractivity contribution in [3.8, 4) is 0 Å². The predicted octanol–water partition coefficient (Wildman–Crippen LogP) is 1.06. The van der Waals surface area contributed by atoms with Gasteiger partial charge in [0.2, 0.25) is 0 Å². The van der Waals surface area contributed by atoms with Gasteiger partial charge in [0.25, 0.3) is 0 Å². The van der Waals surface area contributed by atoms with Crippen molar-refractivity contribution in [3.05, 3.63) is 29.8 Å². The lowest BCUT2D eigenvalue weighted by molar-refractivity contribution is 1.08. The molecule has 0 aromatic heterocycles. The summed E-state index contributed by atoms with van der Waals surface area (Å²) in [6.45, 7) is 0. The fourth-order valence-corrected chi connectivity index (χ4v) is 1.11. The lowest BCUT2D eigenvalue weighted by atomic mass is 10.1. The van der Waals surface area contributed by atoms with Gasteiger partial charge in [0, 0.05) is 26.2 Å². The zero-order valence-corrected chi connectivity index (χ0v) is 8.04. The van der Waals surface area contributed by atoms with E-state index in [0.717, 1.165) is 17.9 Å². The summed E-state index contributed by atoms with van der Waals surface area (Å²) < 4.78 is 0. The predicted molar refractivity (Wildman–Crippen MR) is 57.0 cm³/mol. The largest absolute Gasteiger partial charge is 0.399 e. The van der Waals surface area contributed by atoms with E-state index in [-0.39, 0.29) is 0 Å². The van der Waals surface area contributed by atoms with E-state index >= 15 is 0 Å². The van der Waals surface area contributed by atoms with Crippen LogP contribution in [-0.2, 0) is 6.42 Å². The fraction of sp³-hybridized carbons (Fsp3) is 0.300. The van der Waals surface area contributed by atoms with Crippen LogP contribution in [0.4, 0.5) is 5.69 Å². The maximum Gasteiger partial charge on any atom is 0.100 e. The van der Waals surface area contributed by atoms with Gasteiger partial charge in [-0.2, -0.15) is 0 Å². The van der Waals surface area contributed by atoms with Crippen molar-refractivity contribution in [2.75, 3.05) is 19.8 Å². The number of rotatable bonds is 2. The minimum Gasteiger partial charge on any atom is -0.399 e. The average Bonchev–Trinajstić information content (AvgIpc) is 2.17.